The summed E-state index contributed by atoms with van der Waals surface area (Å²) in [4.78, 5) is 18.2. The van der Waals surface area contributed by atoms with Crippen LogP contribution in [0.15, 0.2) is 29.3 Å². The highest BCUT2D eigenvalue weighted by Crippen LogP contribution is 2.41. The summed E-state index contributed by atoms with van der Waals surface area (Å²) in [6.07, 6.45) is 3.70. The van der Waals surface area contributed by atoms with Crippen molar-refractivity contribution in [2.24, 2.45) is 16.6 Å². The Morgan fingerprint density at radius 3 is 2.96 bits per heavy atom. The fourth-order valence-electron chi connectivity index (χ4n) is 3.72. The summed E-state index contributed by atoms with van der Waals surface area (Å²) in [6.45, 7) is 4.63. The number of nitrogens with one attached hydrogen (secondary N) is 1. The second kappa shape index (κ2) is 9.78. The smallest absolute Gasteiger partial charge is 0.217 e. The van der Waals surface area contributed by atoms with Gasteiger partial charge < -0.3 is 16.0 Å². The maximum Gasteiger partial charge on any atom is 0.217 e. The second-order valence-electron chi connectivity index (χ2n) is 7.07. The molecule has 7 heteroatoms. The van der Waals surface area contributed by atoms with Crippen molar-refractivity contribution in [1.82, 2.24) is 10.2 Å². The number of halogens is 2. The van der Waals surface area contributed by atoms with Gasteiger partial charge in [0.15, 0.2) is 5.96 Å². The van der Waals surface area contributed by atoms with Gasteiger partial charge in [-0.1, -0.05) is 23.7 Å². The minimum Gasteiger partial charge on any atom is -0.370 e. The van der Waals surface area contributed by atoms with E-state index in [2.05, 4.69) is 21.3 Å². The van der Waals surface area contributed by atoms with Gasteiger partial charge in [-0.2, -0.15) is 0 Å². The fourth-order valence-corrected chi connectivity index (χ4v) is 3.92. The lowest BCUT2D eigenvalue weighted by atomic mass is 9.95. The molecule has 1 amide bonds. The van der Waals surface area contributed by atoms with Gasteiger partial charge in [-0.25, -0.2) is 0 Å². The topological polar surface area (TPSA) is 70.7 Å². The van der Waals surface area contributed by atoms with Crippen molar-refractivity contribution in [3.8, 4) is 0 Å². The Hall–Kier alpha value is -1.02. The standard InChI is InChI=1S/C19H27ClN4O.HI/c1-2-22-19(24-8-4-5-13(12-24)9-18(21)25)23-17-11-16(17)14-6-3-7-15(20)10-14;/h3,6-7,10,13,16-17H,2,4-5,8-9,11-12H2,1H3,(H2,21,25)(H,22,23);1H. The zero-order valence-corrected chi connectivity index (χ0v) is 18.2. The number of carbonyl (C=O) groups excluding carboxylic acids is 1. The summed E-state index contributed by atoms with van der Waals surface area (Å²) in [5.41, 5.74) is 6.66. The molecule has 1 aliphatic heterocycles. The molecule has 0 radical (unpaired) electrons. The first-order valence-corrected chi connectivity index (χ1v) is 9.54. The molecule has 1 aliphatic carbocycles. The molecule has 3 N–H and O–H groups in total. The van der Waals surface area contributed by atoms with E-state index in [4.69, 9.17) is 17.3 Å². The van der Waals surface area contributed by atoms with E-state index in [0.29, 0.717) is 24.3 Å². The Kier molecular flexibility index (Phi) is 8.01. The molecule has 26 heavy (non-hydrogen) atoms. The lowest BCUT2D eigenvalue weighted by Crippen LogP contribution is -2.48. The van der Waals surface area contributed by atoms with Gasteiger partial charge in [0.2, 0.25) is 5.91 Å². The first kappa shape index (κ1) is 21.3. The Balaban J connectivity index is 0.00000243. The van der Waals surface area contributed by atoms with Gasteiger partial charge in [-0.15, -0.1) is 24.0 Å². The van der Waals surface area contributed by atoms with Crippen LogP contribution in [-0.2, 0) is 4.79 Å². The minimum absolute atomic E-state index is 0. The summed E-state index contributed by atoms with van der Waals surface area (Å²) in [6, 6.07) is 8.51. The number of rotatable bonds is 5. The van der Waals surface area contributed by atoms with Crippen LogP contribution in [0.25, 0.3) is 0 Å². The molecule has 0 spiro atoms. The molecule has 1 aromatic rings. The number of piperidine rings is 1. The summed E-state index contributed by atoms with van der Waals surface area (Å²) < 4.78 is 0. The zero-order valence-electron chi connectivity index (χ0n) is 15.2. The molecular formula is C19H28ClIN4O. The fraction of sp³-hybridized carbons (Fsp3) is 0.579. The number of benzene rings is 1. The summed E-state index contributed by atoms with van der Waals surface area (Å²) in [5, 5.41) is 4.41. The highest BCUT2D eigenvalue weighted by Gasteiger charge is 2.40. The summed E-state index contributed by atoms with van der Waals surface area (Å²) in [7, 11) is 0. The van der Waals surface area contributed by atoms with E-state index < -0.39 is 0 Å². The lowest BCUT2D eigenvalue weighted by molar-refractivity contribution is -0.119. The van der Waals surface area contributed by atoms with Crippen LogP contribution in [0, 0.1) is 5.92 Å². The van der Waals surface area contributed by atoms with Gasteiger partial charge in [0.1, 0.15) is 0 Å². The monoisotopic (exact) mass is 490 g/mol. The van der Waals surface area contributed by atoms with Crippen LogP contribution in [0.2, 0.25) is 5.02 Å². The third-order valence-corrected chi connectivity index (χ3v) is 5.23. The molecule has 3 rings (SSSR count). The maximum atomic E-state index is 11.2. The molecule has 144 valence electrons. The summed E-state index contributed by atoms with van der Waals surface area (Å²) >= 11 is 6.11. The second-order valence-corrected chi connectivity index (χ2v) is 7.51. The lowest BCUT2D eigenvalue weighted by Gasteiger charge is -2.35. The number of amides is 1. The van der Waals surface area contributed by atoms with Crippen LogP contribution in [0.4, 0.5) is 0 Å². The van der Waals surface area contributed by atoms with E-state index >= 15 is 0 Å². The van der Waals surface area contributed by atoms with Gasteiger partial charge in [0.25, 0.3) is 0 Å². The largest absolute Gasteiger partial charge is 0.370 e. The molecule has 0 bridgehead atoms. The van der Waals surface area contributed by atoms with Crippen LogP contribution < -0.4 is 11.1 Å². The number of primary amides is 1. The predicted molar refractivity (Wildman–Crippen MR) is 117 cm³/mol. The molecule has 1 saturated heterocycles. The Labute approximate surface area is 177 Å². The number of hydrogen-bond donors (Lipinski definition) is 2. The van der Waals surface area contributed by atoms with Gasteiger partial charge in [0, 0.05) is 43.0 Å². The van der Waals surface area contributed by atoms with Crippen molar-refractivity contribution in [3.05, 3.63) is 34.9 Å². The van der Waals surface area contributed by atoms with Crippen LogP contribution in [0.5, 0.6) is 0 Å². The number of nitrogens with zero attached hydrogens (tertiary/aromatic N) is 2. The third kappa shape index (κ3) is 5.74. The van der Waals surface area contributed by atoms with Crippen LogP contribution in [-0.4, -0.2) is 42.4 Å². The molecule has 2 fully saturated rings. The van der Waals surface area contributed by atoms with Crippen molar-refractivity contribution in [3.63, 3.8) is 0 Å². The maximum absolute atomic E-state index is 11.2. The third-order valence-electron chi connectivity index (χ3n) is 5.00. The highest BCUT2D eigenvalue weighted by atomic mass is 127. The van der Waals surface area contributed by atoms with E-state index in [9.17, 15) is 4.79 Å². The van der Waals surface area contributed by atoms with E-state index in [1.807, 2.05) is 25.1 Å². The van der Waals surface area contributed by atoms with Gasteiger partial charge in [-0.3, -0.25) is 9.79 Å². The molecule has 3 unspecified atom stereocenters. The predicted octanol–water partition coefficient (Wildman–Crippen LogP) is 3.37. The quantitative estimate of drug-likeness (QED) is 0.378. The molecule has 3 atom stereocenters. The molecule has 5 nitrogen and oxygen atoms in total. The first-order valence-electron chi connectivity index (χ1n) is 9.16. The number of carbonyl (C=O) groups is 1. The number of aliphatic imine (C=N–C) groups is 1. The van der Waals surface area contributed by atoms with E-state index in [0.717, 1.165) is 49.9 Å². The molecule has 1 aromatic carbocycles. The van der Waals surface area contributed by atoms with Gasteiger partial charge >= 0.3 is 0 Å². The summed E-state index contributed by atoms with van der Waals surface area (Å²) in [5.74, 6) is 1.58. The SMILES string of the molecule is CCN=C(NC1CC1c1cccc(Cl)c1)N1CCCC(CC(N)=O)C1.I. The number of hydrogen-bond acceptors (Lipinski definition) is 2. The average molecular weight is 491 g/mol. The van der Waals surface area contributed by atoms with Crippen LogP contribution in [0.1, 0.15) is 44.1 Å². The van der Waals surface area contributed by atoms with Crippen LogP contribution in [0.3, 0.4) is 0 Å². The van der Waals surface area contributed by atoms with Crippen LogP contribution >= 0.6 is 35.6 Å². The molecule has 2 aliphatic rings. The molecular weight excluding hydrogens is 463 g/mol. The van der Waals surface area contributed by atoms with Gasteiger partial charge in [-0.05, 0) is 49.8 Å². The molecule has 0 aromatic heterocycles. The van der Waals surface area contributed by atoms with Crippen molar-refractivity contribution >= 4 is 47.4 Å². The van der Waals surface area contributed by atoms with Crippen molar-refractivity contribution in [1.29, 1.82) is 0 Å². The molecule has 1 saturated carbocycles. The minimum atomic E-state index is -0.211. The average Bonchev–Trinajstić information content (AvgIpc) is 3.33. The Morgan fingerprint density at radius 2 is 2.27 bits per heavy atom. The van der Waals surface area contributed by atoms with Crippen molar-refractivity contribution in [2.75, 3.05) is 19.6 Å². The molecule has 1 heterocycles. The Bertz CT molecular complexity index is 654. The van der Waals surface area contributed by atoms with E-state index in [1.54, 1.807) is 0 Å². The number of likely N-dealkylation sites (tertiary alicyclic amines) is 1. The van der Waals surface area contributed by atoms with Crippen molar-refractivity contribution in [2.45, 2.75) is 44.6 Å². The normalized spacial score (nSPS) is 25.4. The van der Waals surface area contributed by atoms with Gasteiger partial charge in [0.05, 0.1) is 0 Å². The van der Waals surface area contributed by atoms with E-state index in [-0.39, 0.29) is 29.9 Å². The number of nitrogens with two attached hydrogens (primary N) is 1. The number of guanidine groups is 1. The highest BCUT2D eigenvalue weighted by molar-refractivity contribution is 14.0. The first-order chi connectivity index (χ1) is 12.1. The van der Waals surface area contributed by atoms with E-state index in [1.165, 1.54) is 5.56 Å². The Morgan fingerprint density at radius 1 is 1.46 bits per heavy atom. The van der Waals surface area contributed by atoms with Crippen molar-refractivity contribution < 1.29 is 4.79 Å². The zero-order chi connectivity index (χ0) is 17.8.